The molecule has 0 bridgehead atoms. The predicted octanol–water partition coefficient (Wildman–Crippen LogP) is -2.16. The van der Waals surface area contributed by atoms with Crippen molar-refractivity contribution in [2.45, 2.75) is 29.9 Å². The Kier molecular flexibility index (Phi) is 6.55. The second kappa shape index (κ2) is 7.51. The van der Waals surface area contributed by atoms with Crippen LogP contribution in [0.3, 0.4) is 0 Å². The third-order valence-corrected chi connectivity index (χ3v) is 3.85. The minimum absolute atomic E-state index is 0.183. The molecule has 0 unspecified atom stereocenters. The first-order valence-electron chi connectivity index (χ1n) is 5.53. The molecule has 1 saturated heterocycles. The van der Waals surface area contributed by atoms with Gasteiger partial charge in [0.15, 0.2) is 0 Å². The van der Waals surface area contributed by atoms with Crippen LogP contribution in [0.15, 0.2) is 17.8 Å². The van der Waals surface area contributed by atoms with E-state index in [1.807, 2.05) is 0 Å². The summed E-state index contributed by atoms with van der Waals surface area (Å²) in [6.45, 7) is 2.71. The lowest BCUT2D eigenvalue weighted by Crippen LogP contribution is -2.57. The van der Waals surface area contributed by atoms with Crippen molar-refractivity contribution in [3.8, 4) is 0 Å². The molecule has 0 saturated carbocycles. The molecule has 0 aromatic carbocycles. The molecule has 0 aromatic heterocycles. The molecular weight excluding hydrogens is 330 g/mol. The first kappa shape index (κ1) is 18.3. The van der Waals surface area contributed by atoms with Gasteiger partial charge in [0.25, 0.3) is 0 Å². The summed E-state index contributed by atoms with van der Waals surface area (Å²) in [4.78, 5) is 0. The van der Waals surface area contributed by atoms with Gasteiger partial charge in [-0.25, -0.2) is 4.28 Å². The summed E-state index contributed by atoms with van der Waals surface area (Å²) in [5.74, 6) is 0. The lowest BCUT2D eigenvalue weighted by Gasteiger charge is -2.39. The molecule has 1 fully saturated rings. The monoisotopic (exact) mass is 345 g/mol. The van der Waals surface area contributed by atoms with Gasteiger partial charge in [0, 0.05) is 0 Å². The molecule has 122 valence electrons. The molecule has 5 atom stereocenters. The van der Waals surface area contributed by atoms with Crippen LogP contribution in [0.2, 0.25) is 0 Å². The molecule has 21 heavy (non-hydrogen) atoms. The Balaban J connectivity index is 2.81. The number of aliphatic hydroxyl groups is 4. The van der Waals surface area contributed by atoms with Gasteiger partial charge < -0.3 is 25.2 Å². The zero-order chi connectivity index (χ0) is 16.2. The van der Waals surface area contributed by atoms with E-state index in [9.17, 15) is 23.7 Å². The number of thioether (sulfide) groups is 1. The molecule has 5 N–H and O–H groups in total. The van der Waals surface area contributed by atoms with Gasteiger partial charge in [-0.15, -0.1) is 0 Å². The number of ether oxygens (including phenoxy) is 1. The van der Waals surface area contributed by atoms with E-state index in [-0.39, 0.29) is 5.04 Å². The van der Waals surface area contributed by atoms with Crippen molar-refractivity contribution >= 4 is 27.2 Å². The maximum atomic E-state index is 10.4. The van der Waals surface area contributed by atoms with Crippen LogP contribution >= 0.6 is 11.8 Å². The molecule has 0 spiro atoms. The summed E-state index contributed by atoms with van der Waals surface area (Å²) in [6, 6.07) is 0. The van der Waals surface area contributed by atoms with Crippen LogP contribution in [-0.4, -0.2) is 74.9 Å². The van der Waals surface area contributed by atoms with E-state index in [2.05, 4.69) is 16.0 Å². The Labute approximate surface area is 124 Å². The fraction of sp³-hybridized carbons (Fsp3) is 0.667. The SMILES string of the molecule is C=C/C(=N/OS(=O)(=O)O)S[C@@H]1O[C@H](CO)[C@@H](O)[C@H](O)[C@H]1O. The van der Waals surface area contributed by atoms with Crippen molar-refractivity contribution in [1.29, 1.82) is 0 Å². The smallest absolute Gasteiger partial charge is 0.394 e. The molecule has 10 nitrogen and oxygen atoms in total. The molecule has 0 amide bonds. The Hall–Kier alpha value is -0.730. The standard InChI is InChI=1S/C9H15NO9S2/c1-2-5(10-19-21(15,16)17)20-9-8(14)7(13)6(12)4(3-11)18-9/h2,4,6-9,11-14H,1,3H2,(H,15,16,17)/b10-5-/t4-,6-,7+,8-,9+/m1/s1. The van der Waals surface area contributed by atoms with Crippen LogP contribution in [0.1, 0.15) is 0 Å². The Morgan fingerprint density at radius 2 is 1.95 bits per heavy atom. The van der Waals surface area contributed by atoms with Gasteiger partial charge in [-0.2, -0.15) is 8.42 Å². The first-order chi connectivity index (χ1) is 9.69. The van der Waals surface area contributed by atoms with Gasteiger partial charge in [0.1, 0.15) is 34.9 Å². The first-order valence-corrected chi connectivity index (χ1v) is 7.77. The number of nitrogens with zero attached hydrogens (tertiary/aromatic N) is 1. The second-order valence-corrected chi connectivity index (χ2v) is 6.07. The topological polar surface area (TPSA) is 166 Å². The van der Waals surface area contributed by atoms with E-state index < -0.39 is 46.9 Å². The Morgan fingerprint density at radius 1 is 1.33 bits per heavy atom. The average Bonchev–Trinajstić information content (AvgIpc) is 2.42. The second-order valence-electron chi connectivity index (χ2n) is 3.95. The maximum absolute atomic E-state index is 10.4. The average molecular weight is 345 g/mol. The number of aliphatic hydroxyl groups excluding tert-OH is 4. The van der Waals surface area contributed by atoms with Crippen LogP contribution in [0.25, 0.3) is 0 Å². The highest BCUT2D eigenvalue weighted by Gasteiger charge is 2.44. The van der Waals surface area contributed by atoms with E-state index in [1.165, 1.54) is 0 Å². The van der Waals surface area contributed by atoms with Crippen molar-refractivity contribution in [2.75, 3.05) is 6.61 Å². The highest BCUT2D eigenvalue weighted by atomic mass is 32.3. The molecular formula is C9H15NO9S2. The predicted molar refractivity (Wildman–Crippen MR) is 71.6 cm³/mol. The Morgan fingerprint density at radius 3 is 2.43 bits per heavy atom. The van der Waals surface area contributed by atoms with Crippen LogP contribution in [0.4, 0.5) is 0 Å². The van der Waals surface area contributed by atoms with Crippen LogP contribution in [0.5, 0.6) is 0 Å². The Bertz CT molecular complexity index is 491. The summed E-state index contributed by atoms with van der Waals surface area (Å²) in [6.07, 6.45) is -4.70. The number of hydrogen-bond donors (Lipinski definition) is 5. The third-order valence-electron chi connectivity index (χ3n) is 2.48. The van der Waals surface area contributed by atoms with Gasteiger partial charge in [0.2, 0.25) is 0 Å². The van der Waals surface area contributed by atoms with Crippen molar-refractivity contribution in [3.05, 3.63) is 12.7 Å². The normalized spacial score (nSPS) is 34.5. The zero-order valence-electron chi connectivity index (χ0n) is 10.5. The summed E-state index contributed by atoms with van der Waals surface area (Å²) < 4.78 is 38.1. The molecule has 0 aliphatic carbocycles. The van der Waals surface area contributed by atoms with Gasteiger partial charge in [-0.05, 0) is 6.08 Å². The molecule has 1 aliphatic heterocycles. The molecule has 1 rings (SSSR count). The van der Waals surface area contributed by atoms with Gasteiger partial charge in [-0.3, -0.25) is 4.55 Å². The highest BCUT2D eigenvalue weighted by Crippen LogP contribution is 2.29. The van der Waals surface area contributed by atoms with Gasteiger partial charge in [-0.1, -0.05) is 23.5 Å². The van der Waals surface area contributed by atoms with Crippen LogP contribution in [-0.2, 0) is 19.4 Å². The van der Waals surface area contributed by atoms with Crippen molar-refractivity contribution in [1.82, 2.24) is 0 Å². The van der Waals surface area contributed by atoms with E-state index in [4.69, 9.17) is 14.4 Å². The highest BCUT2D eigenvalue weighted by molar-refractivity contribution is 8.14. The molecule has 1 heterocycles. The van der Waals surface area contributed by atoms with E-state index in [1.54, 1.807) is 0 Å². The van der Waals surface area contributed by atoms with Crippen molar-refractivity contribution < 1.29 is 42.4 Å². The fourth-order valence-electron chi connectivity index (χ4n) is 1.47. The number of hydrogen-bond acceptors (Lipinski definition) is 10. The van der Waals surface area contributed by atoms with E-state index in [0.717, 1.165) is 6.08 Å². The van der Waals surface area contributed by atoms with Crippen LogP contribution in [0, 0.1) is 0 Å². The minimum atomic E-state index is -4.80. The molecule has 1 aliphatic rings. The lowest BCUT2D eigenvalue weighted by atomic mass is 10.0. The fourth-order valence-corrected chi connectivity index (χ4v) is 2.61. The van der Waals surface area contributed by atoms with Crippen molar-refractivity contribution in [3.63, 3.8) is 0 Å². The van der Waals surface area contributed by atoms with E-state index in [0.29, 0.717) is 11.8 Å². The summed E-state index contributed by atoms with van der Waals surface area (Å²) in [5, 5.41) is 40.8. The number of rotatable bonds is 5. The third kappa shape index (κ3) is 5.19. The van der Waals surface area contributed by atoms with Crippen LogP contribution < -0.4 is 0 Å². The summed E-state index contributed by atoms with van der Waals surface area (Å²) in [7, 11) is -4.80. The van der Waals surface area contributed by atoms with Crippen molar-refractivity contribution in [2.24, 2.45) is 5.16 Å². The molecule has 0 aromatic rings. The largest absolute Gasteiger partial charge is 0.466 e. The zero-order valence-corrected chi connectivity index (χ0v) is 12.1. The quantitative estimate of drug-likeness (QED) is 0.160. The summed E-state index contributed by atoms with van der Waals surface area (Å²) in [5.41, 5.74) is -1.18. The van der Waals surface area contributed by atoms with Gasteiger partial charge in [0.05, 0.1) is 6.61 Å². The lowest BCUT2D eigenvalue weighted by molar-refractivity contribution is -0.205. The van der Waals surface area contributed by atoms with Gasteiger partial charge >= 0.3 is 10.4 Å². The number of oxime groups is 1. The summed E-state index contributed by atoms with van der Waals surface area (Å²) >= 11 is 0.616. The molecule has 12 heteroatoms. The van der Waals surface area contributed by atoms with E-state index >= 15 is 0 Å². The minimum Gasteiger partial charge on any atom is -0.394 e. The molecule has 0 radical (unpaired) electrons. The maximum Gasteiger partial charge on any atom is 0.466 e.